The fourth-order valence-electron chi connectivity index (χ4n) is 1.05. The number of rotatable bonds is 5. The molecule has 4 N–H and O–H groups in total. The van der Waals surface area contributed by atoms with Gasteiger partial charge in [-0.15, -0.1) is 0 Å². The molecule has 82 valence electrons. The first-order chi connectivity index (χ1) is 7.22. The van der Waals surface area contributed by atoms with E-state index < -0.39 is 6.09 Å². The first kappa shape index (κ1) is 11.3. The summed E-state index contributed by atoms with van der Waals surface area (Å²) in [5.41, 5.74) is 6.47. The van der Waals surface area contributed by atoms with Crippen molar-refractivity contribution in [1.29, 1.82) is 0 Å². The van der Waals surface area contributed by atoms with Crippen molar-refractivity contribution < 1.29 is 14.6 Å². The van der Waals surface area contributed by atoms with Gasteiger partial charge in [-0.3, -0.25) is 0 Å². The highest BCUT2D eigenvalue weighted by Crippen LogP contribution is 2.11. The Hall–Kier alpha value is -1.75. The summed E-state index contributed by atoms with van der Waals surface area (Å²) in [6.07, 6.45) is -1.04. The molecule has 0 aliphatic heterocycles. The molecule has 0 aliphatic rings. The molecule has 1 rings (SSSR count). The van der Waals surface area contributed by atoms with E-state index in [2.05, 4.69) is 5.32 Å². The van der Waals surface area contributed by atoms with Gasteiger partial charge in [0.2, 0.25) is 0 Å². The Morgan fingerprint density at radius 2 is 2.07 bits per heavy atom. The van der Waals surface area contributed by atoms with Crippen LogP contribution in [0, 0.1) is 0 Å². The lowest BCUT2D eigenvalue weighted by Crippen LogP contribution is -2.26. The second-order valence-corrected chi connectivity index (χ2v) is 2.93. The van der Waals surface area contributed by atoms with Gasteiger partial charge in [-0.1, -0.05) is 12.1 Å². The van der Waals surface area contributed by atoms with Crippen LogP contribution in [0.2, 0.25) is 0 Å². The summed E-state index contributed by atoms with van der Waals surface area (Å²) in [5.74, 6) is 0.708. The molecule has 0 saturated heterocycles. The zero-order valence-corrected chi connectivity index (χ0v) is 8.27. The third-order valence-corrected chi connectivity index (χ3v) is 1.81. The maximum atomic E-state index is 10.1. The van der Waals surface area contributed by atoms with E-state index in [1.807, 2.05) is 24.3 Å². The molecule has 5 nitrogen and oxygen atoms in total. The third kappa shape index (κ3) is 4.33. The minimum absolute atomic E-state index is 0.272. The summed E-state index contributed by atoms with van der Waals surface area (Å²) >= 11 is 0. The number of carboxylic acid groups (broad SMARTS) is 1. The largest absolute Gasteiger partial charge is 0.492 e. The first-order valence-electron chi connectivity index (χ1n) is 4.61. The lowest BCUT2D eigenvalue weighted by Gasteiger charge is -2.06. The molecule has 1 aromatic carbocycles. The first-order valence-corrected chi connectivity index (χ1v) is 4.61. The van der Waals surface area contributed by atoms with E-state index in [0.717, 1.165) is 5.56 Å². The van der Waals surface area contributed by atoms with Crippen molar-refractivity contribution in [1.82, 2.24) is 5.32 Å². The topological polar surface area (TPSA) is 84.6 Å². The van der Waals surface area contributed by atoms with Gasteiger partial charge >= 0.3 is 6.09 Å². The van der Waals surface area contributed by atoms with Crippen LogP contribution >= 0.6 is 0 Å². The van der Waals surface area contributed by atoms with Gasteiger partial charge in [0.25, 0.3) is 0 Å². The van der Waals surface area contributed by atoms with Crippen LogP contribution < -0.4 is 15.8 Å². The highest BCUT2D eigenvalue weighted by Gasteiger charge is 1.96. The Morgan fingerprint density at radius 3 is 2.60 bits per heavy atom. The van der Waals surface area contributed by atoms with Gasteiger partial charge in [-0.25, -0.2) is 4.79 Å². The Morgan fingerprint density at radius 1 is 1.40 bits per heavy atom. The molecule has 1 amide bonds. The summed E-state index contributed by atoms with van der Waals surface area (Å²) < 4.78 is 5.29. The van der Waals surface area contributed by atoms with E-state index in [0.29, 0.717) is 18.9 Å². The monoisotopic (exact) mass is 210 g/mol. The quantitative estimate of drug-likeness (QED) is 0.627. The molecule has 0 heterocycles. The minimum Gasteiger partial charge on any atom is -0.492 e. The fraction of sp³-hybridized carbons (Fsp3) is 0.300. The molecule has 0 aliphatic carbocycles. The zero-order chi connectivity index (χ0) is 11.1. The number of nitrogens with two attached hydrogens (primary N) is 1. The van der Waals surface area contributed by atoms with Crippen LogP contribution in [-0.4, -0.2) is 24.4 Å². The predicted molar refractivity (Wildman–Crippen MR) is 55.9 cm³/mol. The summed E-state index contributed by atoms with van der Waals surface area (Å²) in [5, 5.41) is 10.5. The number of benzene rings is 1. The molecular formula is C10H14N2O3. The van der Waals surface area contributed by atoms with E-state index >= 15 is 0 Å². The summed E-state index contributed by atoms with van der Waals surface area (Å²) in [6.45, 7) is 1.09. The minimum atomic E-state index is -1.04. The number of amides is 1. The Kier molecular flexibility index (Phi) is 4.43. The predicted octanol–water partition coefficient (Wildman–Crippen LogP) is 0.792. The van der Waals surface area contributed by atoms with E-state index in [9.17, 15) is 4.79 Å². The van der Waals surface area contributed by atoms with Gasteiger partial charge in [-0.2, -0.15) is 0 Å². The molecule has 15 heavy (non-hydrogen) atoms. The van der Waals surface area contributed by atoms with Crippen LogP contribution in [-0.2, 0) is 6.54 Å². The Balaban J connectivity index is 2.28. The standard InChI is InChI=1S/C10H14N2O3/c11-7-8-1-3-9(4-2-8)15-6-5-12-10(13)14/h1-4,12H,5-7,11H2,(H,13,14). The summed E-state index contributed by atoms with van der Waals surface area (Å²) in [6, 6.07) is 7.37. The van der Waals surface area contributed by atoms with E-state index in [1.165, 1.54) is 0 Å². The van der Waals surface area contributed by atoms with Crippen molar-refractivity contribution >= 4 is 6.09 Å². The van der Waals surface area contributed by atoms with Gasteiger partial charge < -0.3 is 20.9 Å². The van der Waals surface area contributed by atoms with Gasteiger partial charge in [0.05, 0.1) is 6.54 Å². The molecule has 0 saturated carbocycles. The summed E-state index contributed by atoms with van der Waals surface area (Å²) in [4.78, 5) is 10.1. The van der Waals surface area contributed by atoms with Gasteiger partial charge in [-0.05, 0) is 17.7 Å². The Labute approximate surface area is 87.9 Å². The lowest BCUT2D eigenvalue weighted by molar-refractivity contribution is 0.191. The van der Waals surface area contributed by atoms with E-state index in [4.69, 9.17) is 15.6 Å². The second-order valence-electron chi connectivity index (χ2n) is 2.93. The van der Waals surface area contributed by atoms with Crippen molar-refractivity contribution in [2.45, 2.75) is 6.54 Å². The molecule has 0 fully saturated rings. The average Bonchev–Trinajstić information content (AvgIpc) is 2.25. The van der Waals surface area contributed by atoms with Crippen LogP contribution in [0.3, 0.4) is 0 Å². The van der Waals surface area contributed by atoms with Crippen LogP contribution in [0.15, 0.2) is 24.3 Å². The number of nitrogens with one attached hydrogen (secondary N) is 1. The average molecular weight is 210 g/mol. The molecule has 0 unspecified atom stereocenters. The third-order valence-electron chi connectivity index (χ3n) is 1.81. The SMILES string of the molecule is NCc1ccc(OCCNC(=O)O)cc1. The number of hydrogen-bond donors (Lipinski definition) is 3. The number of carbonyl (C=O) groups is 1. The van der Waals surface area contributed by atoms with Gasteiger partial charge in [0, 0.05) is 6.54 Å². The van der Waals surface area contributed by atoms with E-state index in [1.54, 1.807) is 0 Å². The number of ether oxygens (including phenoxy) is 1. The highest BCUT2D eigenvalue weighted by atomic mass is 16.5. The molecule has 0 atom stereocenters. The molecule has 0 radical (unpaired) electrons. The lowest BCUT2D eigenvalue weighted by atomic mass is 10.2. The van der Waals surface area contributed by atoms with Crippen molar-refractivity contribution in [2.75, 3.05) is 13.2 Å². The van der Waals surface area contributed by atoms with Crippen LogP contribution in [0.1, 0.15) is 5.56 Å². The molecule has 5 heteroatoms. The molecular weight excluding hydrogens is 196 g/mol. The van der Waals surface area contributed by atoms with Crippen molar-refractivity contribution in [2.24, 2.45) is 5.73 Å². The van der Waals surface area contributed by atoms with Gasteiger partial charge in [0.15, 0.2) is 0 Å². The molecule has 0 bridgehead atoms. The molecule has 1 aromatic rings. The fourth-order valence-corrected chi connectivity index (χ4v) is 1.05. The maximum Gasteiger partial charge on any atom is 0.404 e. The maximum absolute atomic E-state index is 10.1. The number of hydrogen-bond acceptors (Lipinski definition) is 3. The molecule has 0 aromatic heterocycles. The molecule has 0 spiro atoms. The van der Waals surface area contributed by atoms with Crippen molar-refractivity contribution in [3.05, 3.63) is 29.8 Å². The zero-order valence-electron chi connectivity index (χ0n) is 8.27. The normalized spacial score (nSPS) is 9.67. The van der Waals surface area contributed by atoms with Crippen molar-refractivity contribution in [3.63, 3.8) is 0 Å². The second kappa shape index (κ2) is 5.87. The smallest absolute Gasteiger partial charge is 0.404 e. The van der Waals surface area contributed by atoms with E-state index in [-0.39, 0.29) is 6.54 Å². The van der Waals surface area contributed by atoms with Crippen molar-refractivity contribution in [3.8, 4) is 5.75 Å². The van der Waals surface area contributed by atoms with Gasteiger partial charge in [0.1, 0.15) is 12.4 Å². The highest BCUT2D eigenvalue weighted by molar-refractivity contribution is 5.64. The van der Waals surface area contributed by atoms with Crippen LogP contribution in [0.5, 0.6) is 5.75 Å². The van der Waals surface area contributed by atoms with Crippen LogP contribution in [0.4, 0.5) is 4.79 Å². The Bertz CT molecular complexity index is 311. The summed E-state index contributed by atoms with van der Waals surface area (Å²) in [7, 11) is 0. The van der Waals surface area contributed by atoms with Crippen LogP contribution in [0.25, 0.3) is 0 Å².